The smallest absolute Gasteiger partial charge is 0.137 e. The molecule has 3 heteroatoms. The number of aryl methyl sites for hydroxylation is 2. The van der Waals surface area contributed by atoms with Gasteiger partial charge in [0, 0.05) is 18.2 Å². The molecule has 0 radical (unpaired) electrons. The van der Waals surface area contributed by atoms with E-state index in [2.05, 4.69) is 31.2 Å². The van der Waals surface area contributed by atoms with E-state index >= 15 is 0 Å². The molecule has 2 aromatic heterocycles. The minimum absolute atomic E-state index is 0.145. The van der Waals surface area contributed by atoms with Crippen LogP contribution in [0.3, 0.4) is 0 Å². The third-order valence-electron chi connectivity index (χ3n) is 3.61. The molecule has 0 saturated heterocycles. The summed E-state index contributed by atoms with van der Waals surface area (Å²) in [7, 11) is 0. The number of imidazole rings is 1. The van der Waals surface area contributed by atoms with Crippen LogP contribution in [-0.4, -0.2) is 15.2 Å². The minimum atomic E-state index is 0.145. The van der Waals surface area contributed by atoms with Gasteiger partial charge >= 0.3 is 0 Å². The summed E-state index contributed by atoms with van der Waals surface area (Å²) in [5.41, 5.74) is 6.16. The first-order valence-corrected chi connectivity index (χ1v) is 7.08. The van der Waals surface area contributed by atoms with Crippen molar-refractivity contribution in [3.8, 4) is 11.3 Å². The number of rotatable bonds is 3. The molecule has 0 saturated carbocycles. The third kappa shape index (κ3) is 2.59. The first-order valence-electron chi connectivity index (χ1n) is 7.08. The van der Waals surface area contributed by atoms with Crippen molar-refractivity contribution < 1.29 is 4.79 Å². The molecule has 0 N–H and O–H groups in total. The average molecular weight is 278 g/mol. The molecular weight excluding hydrogens is 260 g/mol. The fraction of sp³-hybridized carbons (Fsp3) is 0.222. The second-order valence-electron chi connectivity index (χ2n) is 5.59. The lowest BCUT2D eigenvalue weighted by Gasteiger charge is -2.04. The predicted octanol–water partition coefficient (Wildman–Crippen LogP) is 3.75. The van der Waals surface area contributed by atoms with Crippen LogP contribution in [0.4, 0.5) is 0 Å². The zero-order chi connectivity index (χ0) is 15.0. The van der Waals surface area contributed by atoms with Crippen LogP contribution in [-0.2, 0) is 11.2 Å². The van der Waals surface area contributed by atoms with Crippen LogP contribution < -0.4 is 0 Å². The Kier molecular flexibility index (Phi) is 3.34. The van der Waals surface area contributed by atoms with E-state index in [1.165, 1.54) is 5.56 Å². The van der Waals surface area contributed by atoms with E-state index in [0.29, 0.717) is 6.42 Å². The first-order chi connectivity index (χ1) is 10.0. The Labute approximate surface area is 124 Å². The van der Waals surface area contributed by atoms with Gasteiger partial charge in [0.25, 0.3) is 0 Å². The Bertz CT molecular complexity index is 813. The molecule has 0 bridgehead atoms. The number of benzene rings is 1. The largest absolute Gasteiger partial charge is 0.303 e. The summed E-state index contributed by atoms with van der Waals surface area (Å²) in [5.74, 6) is 0.145. The third-order valence-corrected chi connectivity index (χ3v) is 3.61. The van der Waals surface area contributed by atoms with Crippen LogP contribution in [0, 0.1) is 13.8 Å². The molecule has 3 nitrogen and oxygen atoms in total. The minimum Gasteiger partial charge on any atom is -0.303 e. The van der Waals surface area contributed by atoms with Crippen molar-refractivity contribution in [2.75, 3.05) is 0 Å². The van der Waals surface area contributed by atoms with E-state index in [9.17, 15) is 4.79 Å². The fourth-order valence-corrected chi connectivity index (χ4v) is 2.55. The number of ketones is 1. The van der Waals surface area contributed by atoms with Crippen molar-refractivity contribution in [2.24, 2.45) is 0 Å². The Morgan fingerprint density at radius 3 is 2.38 bits per heavy atom. The standard InChI is InChI=1S/C18H18N2O/c1-12-4-7-15(8-5-12)18-16(10-14(3)21)20-11-13(2)6-9-17(20)19-18/h4-9,11H,10H2,1-3H3. The van der Waals surface area contributed by atoms with Crippen molar-refractivity contribution in [1.82, 2.24) is 9.38 Å². The first kappa shape index (κ1) is 13.6. The van der Waals surface area contributed by atoms with Crippen molar-refractivity contribution in [3.05, 3.63) is 59.4 Å². The van der Waals surface area contributed by atoms with Crippen molar-refractivity contribution in [3.63, 3.8) is 0 Å². The molecule has 21 heavy (non-hydrogen) atoms. The van der Waals surface area contributed by atoms with Gasteiger partial charge in [-0.1, -0.05) is 35.9 Å². The predicted molar refractivity (Wildman–Crippen MR) is 84.5 cm³/mol. The van der Waals surface area contributed by atoms with Crippen molar-refractivity contribution >= 4 is 11.4 Å². The van der Waals surface area contributed by atoms with Gasteiger partial charge in [0.2, 0.25) is 0 Å². The SMILES string of the molecule is CC(=O)Cc1c(-c2ccc(C)cc2)nc2ccc(C)cn12. The van der Waals surface area contributed by atoms with Gasteiger partial charge in [0.15, 0.2) is 0 Å². The van der Waals surface area contributed by atoms with E-state index in [1.807, 2.05) is 29.7 Å². The van der Waals surface area contributed by atoms with Gasteiger partial charge in [-0.15, -0.1) is 0 Å². The van der Waals surface area contributed by atoms with E-state index in [1.54, 1.807) is 6.92 Å². The maximum atomic E-state index is 11.6. The maximum absolute atomic E-state index is 11.6. The summed E-state index contributed by atoms with van der Waals surface area (Å²) in [5, 5.41) is 0. The molecule has 0 amide bonds. The lowest BCUT2D eigenvalue weighted by molar-refractivity contribution is -0.116. The van der Waals surface area contributed by atoms with Gasteiger partial charge in [0.1, 0.15) is 11.4 Å². The number of carbonyl (C=O) groups excluding carboxylic acids is 1. The van der Waals surface area contributed by atoms with Crippen LogP contribution in [0.1, 0.15) is 23.7 Å². The number of hydrogen-bond acceptors (Lipinski definition) is 2. The van der Waals surface area contributed by atoms with Gasteiger partial charge in [-0.3, -0.25) is 4.79 Å². The lowest BCUT2D eigenvalue weighted by atomic mass is 10.1. The van der Waals surface area contributed by atoms with Crippen LogP contribution in [0.2, 0.25) is 0 Å². The molecule has 0 fully saturated rings. The van der Waals surface area contributed by atoms with Crippen LogP contribution in [0.15, 0.2) is 42.6 Å². The molecule has 0 atom stereocenters. The number of aromatic nitrogens is 2. The molecule has 3 rings (SSSR count). The summed E-state index contributed by atoms with van der Waals surface area (Å²) in [6.45, 7) is 5.73. The normalized spacial score (nSPS) is 11.0. The number of carbonyl (C=O) groups is 1. The second-order valence-corrected chi connectivity index (χ2v) is 5.59. The highest BCUT2D eigenvalue weighted by atomic mass is 16.1. The number of hydrogen-bond donors (Lipinski definition) is 0. The zero-order valence-electron chi connectivity index (χ0n) is 12.6. The van der Waals surface area contributed by atoms with E-state index < -0.39 is 0 Å². The molecule has 0 spiro atoms. The molecule has 0 aliphatic carbocycles. The topological polar surface area (TPSA) is 34.4 Å². The lowest BCUT2D eigenvalue weighted by Crippen LogP contribution is -2.02. The molecule has 1 aromatic carbocycles. The Hall–Kier alpha value is -2.42. The van der Waals surface area contributed by atoms with Gasteiger partial charge in [0.05, 0.1) is 11.4 Å². The van der Waals surface area contributed by atoms with Gasteiger partial charge in [-0.25, -0.2) is 4.98 Å². The summed E-state index contributed by atoms with van der Waals surface area (Å²) in [4.78, 5) is 16.4. The van der Waals surface area contributed by atoms with E-state index in [0.717, 1.165) is 28.2 Å². The molecule has 0 aliphatic heterocycles. The van der Waals surface area contributed by atoms with Gasteiger partial charge in [-0.05, 0) is 32.4 Å². The van der Waals surface area contributed by atoms with Crippen LogP contribution >= 0.6 is 0 Å². The number of pyridine rings is 1. The van der Waals surface area contributed by atoms with E-state index in [4.69, 9.17) is 4.98 Å². The molecule has 106 valence electrons. The highest BCUT2D eigenvalue weighted by Crippen LogP contribution is 2.25. The maximum Gasteiger partial charge on any atom is 0.137 e. The molecule has 2 heterocycles. The average Bonchev–Trinajstić information content (AvgIpc) is 2.77. The van der Waals surface area contributed by atoms with Crippen LogP contribution in [0.5, 0.6) is 0 Å². The second kappa shape index (κ2) is 5.17. The Morgan fingerprint density at radius 1 is 1.05 bits per heavy atom. The Balaban J connectivity index is 2.25. The zero-order valence-corrected chi connectivity index (χ0v) is 12.6. The molecule has 0 aliphatic rings. The summed E-state index contributed by atoms with van der Waals surface area (Å²) >= 11 is 0. The number of Topliss-reactive ketones (excluding diaryl/α,β-unsaturated/α-hetero) is 1. The van der Waals surface area contributed by atoms with Gasteiger partial charge < -0.3 is 4.40 Å². The quantitative estimate of drug-likeness (QED) is 0.731. The van der Waals surface area contributed by atoms with Crippen molar-refractivity contribution in [1.29, 1.82) is 0 Å². The molecular formula is C18H18N2O. The highest BCUT2D eigenvalue weighted by Gasteiger charge is 2.15. The molecule has 3 aromatic rings. The highest BCUT2D eigenvalue weighted by molar-refractivity contribution is 5.81. The summed E-state index contributed by atoms with van der Waals surface area (Å²) < 4.78 is 2.03. The number of fused-ring (bicyclic) bond motifs is 1. The Morgan fingerprint density at radius 2 is 1.71 bits per heavy atom. The monoisotopic (exact) mass is 278 g/mol. The summed E-state index contributed by atoms with van der Waals surface area (Å²) in [6.07, 6.45) is 2.44. The van der Waals surface area contributed by atoms with Gasteiger partial charge in [-0.2, -0.15) is 0 Å². The summed E-state index contributed by atoms with van der Waals surface area (Å²) in [6, 6.07) is 12.3. The van der Waals surface area contributed by atoms with E-state index in [-0.39, 0.29) is 5.78 Å². The fourth-order valence-electron chi connectivity index (χ4n) is 2.55. The van der Waals surface area contributed by atoms with Crippen LogP contribution in [0.25, 0.3) is 16.9 Å². The van der Waals surface area contributed by atoms with Crippen molar-refractivity contribution in [2.45, 2.75) is 27.2 Å². The molecule has 0 unspecified atom stereocenters. The number of nitrogens with zero attached hydrogens (tertiary/aromatic N) is 2.